The van der Waals surface area contributed by atoms with Crippen molar-refractivity contribution in [2.45, 2.75) is 50.9 Å². The molecule has 1 atom stereocenters. The number of hydrogen-bond donors (Lipinski definition) is 1. The molecule has 2 rings (SSSR count). The first-order valence-corrected chi connectivity index (χ1v) is 5.95. The van der Waals surface area contributed by atoms with E-state index < -0.39 is 28.4 Å². The average molecular weight is 256 g/mol. The highest BCUT2D eigenvalue weighted by molar-refractivity contribution is 5.29. The van der Waals surface area contributed by atoms with Crippen LogP contribution in [0.5, 0.6) is 0 Å². The second kappa shape index (κ2) is 3.75. The van der Waals surface area contributed by atoms with Crippen LogP contribution >= 0.6 is 0 Å². The zero-order chi connectivity index (χ0) is 13.8. The summed E-state index contributed by atoms with van der Waals surface area (Å²) in [7, 11) is 0. The van der Waals surface area contributed by atoms with Gasteiger partial charge in [-0.15, -0.1) is 0 Å². The number of halogens is 2. The molecule has 1 unspecified atom stereocenters. The lowest BCUT2D eigenvalue weighted by molar-refractivity contribution is -0.129. The van der Waals surface area contributed by atoms with Gasteiger partial charge in [-0.25, -0.2) is 8.78 Å². The topological polar surface area (TPSA) is 29.5 Å². The molecule has 1 fully saturated rings. The standard InChI is InChI=1S/C14H18F2O2/c1-12(2)8-14(17,13(3,4)18-12)9-5-6-10(15)11(16)7-9/h5-7,17H,8H2,1-4H3. The van der Waals surface area contributed by atoms with Crippen molar-refractivity contribution in [1.29, 1.82) is 0 Å². The van der Waals surface area contributed by atoms with Crippen LogP contribution in [0.25, 0.3) is 0 Å². The van der Waals surface area contributed by atoms with Crippen LogP contribution in [-0.2, 0) is 10.3 Å². The summed E-state index contributed by atoms with van der Waals surface area (Å²) >= 11 is 0. The fourth-order valence-electron chi connectivity index (χ4n) is 2.84. The van der Waals surface area contributed by atoms with Gasteiger partial charge < -0.3 is 9.84 Å². The normalized spacial score (nSPS) is 29.5. The molecule has 0 radical (unpaired) electrons. The Kier molecular flexibility index (Phi) is 2.80. The Hall–Kier alpha value is -1.00. The molecule has 1 aliphatic rings. The van der Waals surface area contributed by atoms with Gasteiger partial charge in [0.1, 0.15) is 5.60 Å². The summed E-state index contributed by atoms with van der Waals surface area (Å²) in [6.07, 6.45) is 0.331. The first-order chi connectivity index (χ1) is 8.07. The van der Waals surface area contributed by atoms with Gasteiger partial charge in [0, 0.05) is 6.42 Å². The second-order valence-electron chi connectivity index (χ2n) is 6.04. The van der Waals surface area contributed by atoms with Crippen molar-refractivity contribution in [3.8, 4) is 0 Å². The van der Waals surface area contributed by atoms with E-state index in [1.807, 2.05) is 13.8 Å². The van der Waals surface area contributed by atoms with Crippen LogP contribution in [0, 0.1) is 11.6 Å². The number of hydrogen-bond acceptors (Lipinski definition) is 2. The molecular formula is C14H18F2O2. The zero-order valence-electron chi connectivity index (χ0n) is 11.1. The monoisotopic (exact) mass is 256 g/mol. The van der Waals surface area contributed by atoms with E-state index in [2.05, 4.69) is 0 Å². The van der Waals surface area contributed by atoms with Crippen LogP contribution in [0.3, 0.4) is 0 Å². The van der Waals surface area contributed by atoms with Crippen molar-refractivity contribution in [1.82, 2.24) is 0 Å². The summed E-state index contributed by atoms with van der Waals surface area (Å²) in [4.78, 5) is 0. The lowest BCUT2D eigenvalue weighted by atomic mass is 9.77. The highest BCUT2D eigenvalue weighted by atomic mass is 19.2. The summed E-state index contributed by atoms with van der Waals surface area (Å²) in [5.74, 6) is -1.88. The van der Waals surface area contributed by atoms with E-state index in [1.54, 1.807) is 13.8 Å². The van der Waals surface area contributed by atoms with Crippen molar-refractivity contribution < 1.29 is 18.6 Å². The molecule has 0 saturated carbocycles. The molecule has 1 aromatic rings. The fraction of sp³-hybridized carbons (Fsp3) is 0.571. The number of rotatable bonds is 1. The molecule has 18 heavy (non-hydrogen) atoms. The Labute approximate surface area is 106 Å². The Balaban J connectivity index is 2.51. The highest BCUT2D eigenvalue weighted by Gasteiger charge is 2.57. The number of benzene rings is 1. The van der Waals surface area contributed by atoms with Gasteiger partial charge in [0.25, 0.3) is 0 Å². The third-order valence-electron chi connectivity index (χ3n) is 3.61. The van der Waals surface area contributed by atoms with Gasteiger partial charge in [-0.1, -0.05) is 6.07 Å². The molecule has 1 N–H and O–H groups in total. The Morgan fingerprint density at radius 1 is 1.11 bits per heavy atom. The number of aliphatic hydroxyl groups is 1. The van der Waals surface area contributed by atoms with Crippen LogP contribution in [-0.4, -0.2) is 16.3 Å². The van der Waals surface area contributed by atoms with Crippen molar-refractivity contribution in [2.75, 3.05) is 0 Å². The Bertz CT molecular complexity index is 483. The highest BCUT2D eigenvalue weighted by Crippen LogP contribution is 2.50. The molecule has 1 saturated heterocycles. The molecule has 4 heteroatoms. The predicted octanol–water partition coefficient (Wildman–Crippen LogP) is 3.13. The Morgan fingerprint density at radius 3 is 2.17 bits per heavy atom. The fourth-order valence-corrected chi connectivity index (χ4v) is 2.84. The second-order valence-corrected chi connectivity index (χ2v) is 6.04. The molecule has 1 aliphatic heterocycles. The van der Waals surface area contributed by atoms with Gasteiger partial charge in [-0.05, 0) is 45.4 Å². The maximum atomic E-state index is 13.3. The van der Waals surface area contributed by atoms with E-state index in [4.69, 9.17) is 4.74 Å². The maximum Gasteiger partial charge on any atom is 0.159 e. The molecule has 0 spiro atoms. The minimum Gasteiger partial charge on any atom is -0.382 e. The third-order valence-corrected chi connectivity index (χ3v) is 3.61. The minimum absolute atomic E-state index is 0.331. The first kappa shape index (κ1) is 13.4. The summed E-state index contributed by atoms with van der Waals surface area (Å²) < 4.78 is 32.1. The lowest BCUT2D eigenvalue weighted by Crippen LogP contribution is -2.43. The zero-order valence-corrected chi connectivity index (χ0v) is 11.1. The van der Waals surface area contributed by atoms with E-state index >= 15 is 0 Å². The SMILES string of the molecule is CC1(C)CC(O)(c2ccc(F)c(F)c2)C(C)(C)O1. The summed E-state index contributed by atoms with van der Waals surface area (Å²) in [5, 5.41) is 10.8. The molecule has 0 aliphatic carbocycles. The Morgan fingerprint density at radius 2 is 1.72 bits per heavy atom. The van der Waals surface area contributed by atoms with Crippen molar-refractivity contribution in [3.05, 3.63) is 35.4 Å². The quantitative estimate of drug-likeness (QED) is 0.836. The minimum atomic E-state index is -1.33. The van der Waals surface area contributed by atoms with Gasteiger partial charge in [0.15, 0.2) is 11.6 Å². The smallest absolute Gasteiger partial charge is 0.159 e. The summed E-state index contributed by atoms with van der Waals surface area (Å²) in [6, 6.07) is 3.48. The van der Waals surface area contributed by atoms with Crippen LogP contribution in [0.4, 0.5) is 8.78 Å². The molecule has 100 valence electrons. The van der Waals surface area contributed by atoms with Crippen LogP contribution in [0.1, 0.15) is 39.7 Å². The predicted molar refractivity (Wildman–Crippen MR) is 64.1 cm³/mol. The lowest BCUT2D eigenvalue weighted by Gasteiger charge is -2.35. The van der Waals surface area contributed by atoms with E-state index in [1.165, 1.54) is 6.07 Å². The summed E-state index contributed by atoms with van der Waals surface area (Å²) in [6.45, 7) is 7.24. The van der Waals surface area contributed by atoms with Gasteiger partial charge in [0.05, 0.1) is 11.2 Å². The largest absolute Gasteiger partial charge is 0.382 e. The van der Waals surface area contributed by atoms with Gasteiger partial charge in [-0.3, -0.25) is 0 Å². The molecule has 1 aromatic carbocycles. The van der Waals surface area contributed by atoms with E-state index in [0.29, 0.717) is 12.0 Å². The van der Waals surface area contributed by atoms with Gasteiger partial charge in [-0.2, -0.15) is 0 Å². The third kappa shape index (κ3) is 1.93. The molecular weight excluding hydrogens is 238 g/mol. The van der Waals surface area contributed by atoms with Crippen LogP contribution in [0.2, 0.25) is 0 Å². The van der Waals surface area contributed by atoms with Gasteiger partial charge >= 0.3 is 0 Å². The van der Waals surface area contributed by atoms with Crippen molar-refractivity contribution in [3.63, 3.8) is 0 Å². The summed E-state index contributed by atoms with van der Waals surface area (Å²) in [5.41, 5.74) is -2.36. The van der Waals surface area contributed by atoms with E-state index in [9.17, 15) is 13.9 Å². The maximum absolute atomic E-state index is 13.3. The van der Waals surface area contributed by atoms with Crippen LogP contribution in [0.15, 0.2) is 18.2 Å². The molecule has 2 nitrogen and oxygen atoms in total. The van der Waals surface area contributed by atoms with Crippen molar-refractivity contribution in [2.24, 2.45) is 0 Å². The van der Waals surface area contributed by atoms with Crippen LogP contribution < -0.4 is 0 Å². The van der Waals surface area contributed by atoms with E-state index in [-0.39, 0.29) is 0 Å². The first-order valence-electron chi connectivity index (χ1n) is 5.95. The average Bonchev–Trinajstić information content (AvgIpc) is 2.36. The molecule has 1 heterocycles. The van der Waals surface area contributed by atoms with E-state index in [0.717, 1.165) is 12.1 Å². The molecule has 0 aromatic heterocycles. The molecule has 0 bridgehead atoms. The number of ether oxygens (including phenoxy) is 1. The van der Waals surface area contributed by atoms with Gasteiger partial charge in [0.2, 0.25) is 0 Å². The van der Waals surface area contributed by atoms with Crippen molar-refractivity contribution >= 4 is 0 Å². The molecule has 0 amide bonds.